The molecule has 0 saturated carbocycles. The van der Waals surface area contributed by atoms with Gasteiger partial charge in [-0.25, -0.2) is 9.97 Å². The quantitative estimate of drug-likeness (QED) is 0.730. The molecule has 1 aliphatic heterocycles. The number of nitrogens with zero attached hydrogens (tertiary/aromatic N) is 3. The number of nitrogen functional groups attached to an aromatic ring is 1. The van der Waals surface area contributed by atoms with Gasteiger partial charge in [0, 0.05) is 17.3 Å². The van der Waals surface area contributed by atoms with E-state index in [1.807, 2.05) is 30.3 Å². The van der Waals surface area contributed by atoms with E-state index in [9.17, 15) is 5.26 Å². The molecule has 4 rings (SSSR count). The highest BCUT2D eigenvalue weighted by molar-refractivity contribution is 5.84. The molecule has 0 atom stereocenters. The molecule has 0 amide bonds. The number of aromatic nitrogens is 2. The summed E-state index contributed by atoms with van der Waals surface area (Å²) in [5, 5.41) is 9.40. The zero-order valence-electron chi connectivity index (χ0n) is 12.6. The minimum absolute atomic E-state index is 0.132. The normalized spacial score (nSPS) is 12.0. The van der Waals surface area contributed by atoms with Gasteiger partial charge in [-0.2, -0.15) is 5.26 Å². The highest BCUT2D eigenvalue weighted by Crippen LogP contribution is 2.43. The van der Waals surface area contributed by atoms with Crippen molar-refractivity contribution in [3.8, 4) is 40.2 Å². The summed E-state index contributed by atoms with van der Waals surface area (Å²) in [6.45, 7) is 0.132. The Hall–Kier alpha value is -3.59. The summed E-state index contributed by atoms with van der Waals surface area (Å²) in [5.74, 6) is 1.60. The van der Waals surface area contributed by atoms with Gasteiger partial charge in [0.2, 0.25) is 6.79 Å². The Bertz CT molecular complexity index is 965. The highest BCUT2D eigenvalue weighted by Gasteiger charge is 2.22. The standard InChI is InChI=1S/C18H12N4O2/c19-8-12-9-21-18(11-4-2-1-3-5-11)22-16(12)13-6-7-14-17(15(13)20)24-10-23-14/h1-7,9H,10,20H2. The maximum absolute atomic E-state index is 9.40. The first kappa shape index (κ1) is 14.0. The Morgan fingerprint density at radius 1 is 1.08 bits per heavy atom. The average Bonchev–Trinajstić information content (AvgIpc) is 3.12. The second kappa shape index (κ2) is 5.56. The Morgan fingerprint density at radius 3 is 2.71 bits per heavy atom. The third-order valence-corrected chi connectivity index (χ3v) is 3.77. The van der Waals surface area contributed by atoms with Crippen molar-refractivity contribution in [2.75, 3.05) is 12.5 Å². The molecule has 116 valence electrons. The molecule has 2 heterocycles. The fourth-order valence-corrected chi connectivity index (χ4v) is 2.60. The Labute approximate surface area is 138 Å². The van der Waals surface area contributed by atoms with Crippen LogP contribution in [0, 0.1) is 11.3 Å². The minimum Gasteiger partial charge on any atom is -0.454 e. The maximum Gasteiger partial charge on any atom is 0.231 e. The molecule has 0 saturated heterocycles. The lowest BCUT2D eigenvalue weighted by molar-refractivity contribution is 0.174. The first-order valence-electron chi connectivity index (χ1n) is 7.29. The third-order valence-electron chi connectivity index (χ3n) is 3.77. The van der Waals surface area contributed by atoms with Crippen molar-refractivity contribution in [2.45, 2.75) is 0 Å². The van der Waals surface area contributed by atoms with Gasteiger partial charge in [0.1, 0.15) is 6.07 Å². The smallest absolute Gasteiger partial charge is 0.231 e. The summed E-state index contributed by atoms with van der Waals surface area (Å²) in [6.07, 6.45) is 1.51. The molecule has 0 fully saturated rings. The van der Waals surface area contributed by atoms with Gasteiger partial charge in [-0.3, -0.25) is 0 Å². The van der Waals surface area contributed by atoms with Crippen molar-refractivity contribution in [2.24, 2.45) is 0 Å². The number of nitrogens with two attached hydrogens (primary N) is 1. The van der Waals surface area contributed by atoms with E-state index in [-0.39, 0.29) is 6.79 Å². The zero-order valence-corrected chi connectivity index (χ0v) is 12.6. The lowest BCUT2D eigenvalue weighted by atomic mass is 10.0. The fraction of sp³-hybridized carbons (Fsp3) is 0.0556. The Balaban J connectivity index is 1.90. The lowest BCUT2D eigenvalue weighted by Crippen LogP contribution is -2.00. The second-order valence-corrected chi connectivity index (χ2v) is 5.19. The van der Waals surface area contributed by atoms with Crippen LogP contribution in [0.25, 0.3) is 22.6 Å². The van der Waals surface area contributed by atoms with E-state index in [1.165, 1.54) is 6.20 Å². The summed E-state index contributed by atoms with van der Waals surface area (Å²) in [4.78, 5) is 8.84. The Morgan fingerprint density at radius 2 is 1.92 bits per heavy atom. The predicted molar refractivity (Wildman–Crippen MR) is 88.2 cm³/mol. The number of nitriles is 1. The first-order chi connectivity index (χ1) is 11.8. The van der Waals surface area contributed by atoms with Crippen LogP contribution in [0.15, 0.2) is 48.7 Å². The van der Waals surface area contributed by atoms with Crippen LogP contribution in [-0.4, -0.2) is 16.8 Å². The molecule has 0 bridgehead atoms. The van der Waals surface area contributed by atoms with Crippen LogP contribution in [0.5, 0.6) is 11.5 Å². The van der Waals surface area contributed by atoms with E-state index in [0.717, 1.165) is 5.56 Å². The minimum atomic E-state index is 0.132. The van der Waals surface area contributed by atoms with E-state index in [4.69, 9.17) is 15.2 Å². The highest BCUT2D eigenvalue weighted by atomic mass is 16.7. The molecule has 0 radical (unpaired) electrons. The SMILES string of the molecule is N#Cc1cnc(-c2ccccc2)nc1-c1ccc2c(c1N)OCO2. The molecule has 1 aromatic heterocycles. The average molecular weight is 316 g/mol. The van der Waals surface area contributed by atoms with E-state index >= 15 is 0 Å². The van der Waals surface area contributed by atoms with Gasteiger partial charge in [-0.1, -0.05) is 30.3 Å². The molecule has 1 aliphatic rings. The van der Waals surface area contributed by atoms with Crippen LogP contribution in [0.2, 0.25) is 0 Å². The summed E-state index contributed by atoms with van der Waals surface area (Å²) >= 11 is 0. The predicted octanol–water partition coefficient (Wildman–Crippen LogP) is 2.99. The molecule has 2 aromatic carbocycles. The second-order valence-electron chi connectivity index (χ2n) is 5.19. The molecular weight excluding hydrogens is 304 g/mol. The largest absolute Gasteiger partial charge is 0.454 e. The topological polar surface area (TPSA) is 94.1 Å². The molecule has 0 spiro atoms. The van der Waals surface area contributed by atoms with Crippen molar-refractivity contribution in [3.63, 3.8) is 0 Å². The van der Waals surface area contributed by atoms with Crippen molar-refractivity contribution in [3.05, 3.63) is 54.2 Å². The zero-order chi connectivity index (χ0) is 16.5. The van der Waals surface area contributed by atoms with E-state index in [2.05, 4.69) is 16.0 Å². The van der Waals surface area contributed by atoms with Crippen LogP contribution in [0.3, 0.4) is 0 Å². The van der Waals surface area contributed by atoms with Crippen LogP contribution < -0.4 is 15.2 Å². The van der Waals surface area contributed by atoms with Crippen LogP contribution in [0.4, 0.5) is 5.69 Å². The van der Waals surface area contributed by atoms with Gasteiger partial charge in [0.05, 0.1) is 16.9 Å². The molecule has 0 aliphatic carbocycles. The molecule has 24 heavy (non-hydrogen) atoms. The van der Waals surface area contributed by atoms with Gasteiger partial charge >= 0.3 is 0 Å². The van der Waals surface area contributed by atoms with Crippen molar-refractivity contribution in [1.82, 2.24) is 9.97 Å². The number of anilines is 1. The number of rotatable bonds is 2. The number of hydrogen-bond donors (Lipinski definition) is 1. The summed E-state index contributed by atoms with van der Waals surface area (Å²) in [7, 11) is 0. The third kappa shape index (κ3) is 2.20. The van der Waals surface area contributed by atoms with Crippen LogP contribution in [-0.2, 0) is 0 Å². The summed E-state index contributed by atoms with van der Waals surface area (Å²) < 4.78 is 10.7. The number of benzene rings is 2. The van der Waals surface area contributed by atoms with E-state index in [0.29, 0.717) is 39.8 Å². The van der Waals surface area contributed by atoms with Gasteiger partial charge in [0.25, 0.3) is 0 Å². The maximum atomic E-state index is 9.40. The van der Waals surface area contributed by atoms with Gasteiger partial charge < -0.3 is 15.2 Å². The van der Waals surface area contributed by atoms with Crippen molar-refractivity contribution < 1.29 is 9.47 Å². The summed E-state index contributed by atoms with van der Waals surface area (Å²) in [5.41, 5.74) is 8.91. The van der Waals surface area contributed by atoms with Crippen molar-refractivity contribution >= 4 is 5.69 Å². The first-order valence-corrected chi connectivity index (χ1v) is 7.29. The van der Waals surface area contributed by atoms with Crippen LogP contribution in [0.1, 0.15) is 5.56 Å². The fourth-order valence-electron chi connectivity index (χ4n) is 2.60. The van der Waals surface area contributed by atoms with Crippen molar-refractivity contribution in [1.29, 1.82) is 5.26 Å². The molecule has 0 unspecified atom stereocenters. The molecule has 2 N–H and O–H groups in total. The molecule has 6 nitrogen and oxygen atoms in total. The van der Waals surface area contributed by atoms with Gasteiger partial charge in [0.15, 0.2) is 17.3 Å². The monoisotopic (exact) mass is 316 g/mol. The van der Waals surface area contributed by atoms with E-state index < -0.39 is 0 Å². The van der Waals surface area contributed by atoms with E-state index in [1.54, 1.807) is 12.1 Å². The molecular formula is C18H12N4O2. The summed E-state index contributed by atoms with van der Waals surface area (Å²) in [6, 6.07) is 15.2. The lowest BCUT2D eigenvalue weighted by Gasteiger charge is -2.10. The van der Waals surface area contributed by atoms with Gasteiger partial charge in [-0.15, -0.1) is 0 Å². The number of fused-ring (bicyclic) bond motifs is 1. The van der Waals surface area contributed by atoms with Gasteiger partial charge in [-0.05, 0) is 12.1 Å². The number of ether oxygens (including phenoxy) is 2. The Kier molecular flexibility index (Phi) is 3.25. The number of hydrogen-bond acceptors (Lipinski definition) is 6. The van der Waals surface area contributed by atoms with Crippen LogP contribution >= 0.6 is 0 Å². The molecule has 3 aromatic rings. The molecule has 6 heteroatoms.